The Morgan fingerprint density at radius 1 is 1.41 bits per heavy atom. The first-order valence-corrected chi connectivity index (χ1v) is 5.97. The quantitative estimate of drug-likeness (QED) is 0.795. The number of rotatable bonds is 2. The van der Waals surface area contributed by atoms with Gasteiger partial charge in [0.15, 0.2) is 0 Å². The summed E-state index contributed by atoms with van der Waals surface area (Å²) in [6, 6.07) is 0. The van der Waals surface area contributed by atoms with Crippen molar-refractivity contribution in [2.45, 2.75) is 38.9 Å². The van der Waals surface area contributed by atoms with E-state index < -0.39 is 5.60 Å². The number of piperidine rings is 1. The van der Waals surface area contributed by atoms with Gasteiger partial charge in [-0.25, -0.2) is 4.79 Å². The standard InChI is InChI=1S/C12H23NO4/c1-12(2,3)17-11(15)13-6-9(8-14)5-10(7-13)16-4/h9-10,14H,5-8H2,1-4H3. The molecule has 1 rings (SSSR count). The number of nitrogens with zero attached hydrogens (tertiary/aromatic N) is 1. The van der Waals surface area contributed by atoms with E-state index >= 15 is 0 Å². The molecule has 1 fully saturated rings. The Morgan fingerprint density at radius 2 is 2.06 bits per heavy atom. The van der Waals surface area contributed by atoms with E-state index in [4.69, 9.17) is 9.47 Å². The maximum atomic E-state index is 11.9. The van der Waals surface area contributed by atoms with Crippen LogP contribution in [0.4, 0.5) is 4.79 Å². The average Bonchev–Trinajstić information content (AvgIpc) is 2.26. The SMILES string of the molecule is COC1CC(CO)CN(C(=O)OC(C)(C)C)C1. The van der Waals surface area contributed by atoms with Crippen molar-refractivity contribution in [1.29, 1.82) is 0 Å². The molecule has 1 N–H and O–H groups in total. The molecule has 2 unspecified atom stereocenters. The Morgan fingerprint density at radius 3 is 2.53 bits per heavy atom. The lowest BCUT2D eigenvalue weighted by atomic mass is 9.97. The second-order valence-electron chi connectivity index (χ2n) is 5.53. The van der Waals surface area contributed by atoms with E-state index in [0.29, 0.717) is 13.1 Å². The number of aliphatic hydroxyl groups excluding tert-OH is 1. The van der Waals surface area contributed by atoms with Gasteiger partial charge in [0.1, 0.15) is 5.60 Å². The van der Waals surface area contributed by atoms with Crippen molar-refractivity contribution in [2.75, 3.05) is 26.8 Å². The summed E-state index contributed by atoms with van der Waals surface area (Å²) in [5.74, 6) is 0.0706. The first kappa shape index (κ1) is 14.3. The fourth-order valence-electron chi connectivity index (χ4n) is 1.93. The first-order valence-electron chi connectivity index (χ1n) is 5.97. The number of aliphatic hydroxyl groups is 1. The van der Waals surface area contributed by atoms with E-state index in [9.17, 15) is 9.90 Å². The van der Waals surface area contributed by atoms with E-state index in [1.54, 1.807) is 12.0 Å². The lowest BCUT2D eigenvalue weighted by molar-refractivity contribution is -0.0264. The summed E-state index contributed by atoms with van der Waals surface area (Å²) < 4.78 is 10.6. The van der Waals surface area contributed by atoms with E-state index in [0.717, 1.165) is 6.42 Å². The first-order chi connectivity index (χ1) is 7.85. The van der Waals surface area contributed by atoms with Gasteiger partial charge in [-0.3, -0.25) is 0 Å². The highest BCUT2D eigenvalue weighted by atomic mass is 16.6. The molecule has 5 heteroatoms. The molecule has 1 aliphatic heterocycles. The minimum absolute atomic E-state index is 0.0200. The lowest BCUT2D eigenvalue weighted by Gasteiger charge is -2.37. The Balaban J connectivity index is 2.59. The van der Waals surface area contributed by atoms with Crippen LogP contribution in [-0.4, -0.2) is 54.6 Å². The molecule has 1 heterocycles. The van der Waals surface area contributed by atoms with Crippen LogP contribution >= 0.6 is 0 Å². The normalized spacial score (nSPS) is 25.8. The third kappa shape index (κ3) is 4.52. The Labute approximate surface area is 103 Å². The number of amides is 1. The zero-order valence-corrected chi connectivity index (χ0v) is 11.1. The maximum absolute atomic E-state index is 11.9. The zero-order valence-electron chi connectivity index (χ0n) is 11.1. The summed E-state index contributed by atoms with van der Waals surface area (Å²) in [6.07, 6.45) is 0.429. The largest absolute Gasteiger partial charge is 0.444 e. The number of ether oxygens (including phenoxy) is 2. The molecular weight excluding hydrogens is 222 g/mol. The fraction of sp³-hybridized carbons (Fsp3) is 0.917. The van der Waals surface area contributed by atoms with Crippen LogP contribution in [0.15, 0.2) is 0 Å². The van der Waals surface area contributed by atoms with Gasteiger partial charge < -0.3 is 19.5 Å². The van der Waals surface area contributed by atoms with Crippen molar-refractivity contribution in [2.24, 2.45) is 5.92 Å². The second kappa shape index (κ2) is 5.69. The molecule has 0 aromatic heterocycles. The van der Waals surface area contributed by atoms with Gasteiger partial charge in [-0.05, 0) is 27.2 Å². The van der Waals surface area contributed by atoms with Gasteiger partial charge >= 0.3 is 6.09 Å². The Hall–Kier alpha value is -0.810. The fourth-order valence-corrected chi connectivity index (χ4v) is 1.93. The summed E-state index contributed by atoms with van der Waals surface area (Å²) in [5.41, 5.74) is -0.494. The van der Waals surface area contributed by atoms with Crippen LogP contribution in [0.3, 0.4) is 0 Å². The van der Waals surface area contributed by atoms with E-state index in [-0.39, 0.29) is 24.7 Å². The zero-order chi connectivity index (χ0) is 13.1. The molecule has 2 atom stereocenters. The average molecular weight is 245 g/mol. The van der Waals surface area contributed by atoms with Crippen molar-refractivity contribution in [3.63, 3.8) is 0 Å². The van der Waals surface area contributed by atoms with Crippen molar-refractivity contribution < 1.29 is 19.4 Å². The highest BCUT2D eigenvalue weighted by Gasteiger charge is 2.32. The van der Waals surface area contributed by atoms with Crippen LogP contribution in [0, 0.1) is 5.92 Å². The van der Waals surface area contributed by atoms with Crippen LogP contribution in [0.25, 0.3) is 0 Å². The summed E-state index contributed by atoms with van der Waals surface area (Å²) in [5, 5.41) is 9.20. The van der Waals surface area contributed by atoms with Crippen molar-refractivity contribution in [3.8, 4) is 0 Å². The van der Waals surface area contributed by atoms with Crippen LogP contribution in [0.1, 0.15) is 27.2 Å². The number of carbonyl (C=O) groups is 1. The van der Waals surface area contributed by atoms with Crippen LogP contribution < -0.4 is 0 Å². The van der Waals surface area contributed by atoms with E-state index in [2.05, 4.69) is 0 Å². The monoisotopic (exact) mass is 245 g/mol. The number of hydrogen-bond donors (Lipinski definition) is 1. The van der Waals surface area contributed by atoms with Crippen LogP contribution in [0.5, 0.6) is 0 Å². The molecule has 1 saturated heterocycles. The molecule has 17 heavy (non-hydrogen) atoms. The third-order valence-electron chi connectivity index (χ3n) is 2.74. The topological polar surface area (TPSA) is 59.0 Å². The van der Waals surface area contributed by atoms with E-state index in [1.807, 2.05) is 20.8 Å². The summed E-state index contributed by atoms with van der Waals surface area (Å²) in [4.78, 5) is 13.5. The van der Waals surface area contributed by atoms with Gasteiger partial charge in [0.05, 0.1) is 12.6 Å². The Bertz CT molecular complexity index is 250. The van der Waals surface area contributed by atoms with Gasteiger partial charge in [-0.2, -0.15) is 0 Å². The van der Waals surface area contributed by atoms with Crippen LogP contribution in [0.2, 0.25) is 0 Å². The minimum atomic E-state index is -0.494. The van der Waals surface area contributed by atoms with Crippen molar-refractivity contribution in [3.05, 3.63) is 0 Å². The van der Waals surface area contributed by atoms with Gasteiger partial charge in [-0.15, -0.1) is 0 Å². The molecule has 5 nitrogen and oxygen atoms in total. The molecule has 1 aliphatic rings. The Kier molecular flexibility index (Phi) is 4.77. The molecule has 0 aromatic carbocycles. The number of hydrogen-bond acceptors (Lipinski definition) is 4. The van der Waals surface area contributed by atoms with Crippen molar-refractivity contribution >= 4 is 6.09 Å². The molecule has 0 saturated carbocycles. The predicted octanol–water partition coefficient (Wildman–Crippen LogP) is 1.25. The molecule has 1 amide bonds. The molecule has 0 aliphatic carbocycles. The summed E-state index contributed by atoms with van der Waals surface area (Å²) in [6.45, 7) is 6.65. The van der Waals surface area contributed by atoms with Gasteiger partial charge in [0, 0.05) is 26.2 Å². The number of likely N-dealkylation sites (tertiary alicyclic amines) is 1. The third-order valence-corrected chi connectivity index (χ3v) is 2.74. The smallest absolute Gasteiger partial charge is 0.410 e. The number of methoxy groups -OCH3 is 1. The molecular formula is C12H23NO4. The predicted molar refractivity (Wildman–Crippen MR) is 63.8 cm³/mol. The van der Waals surface area contributed by atoms with Gasteiger partial charge in [0.25, 0.3) is 0 Å². The molecule has 0 bridgehead atoms. The van der Waals surface area contributed by atoms with E-state index in [1.165, 1.54) is 0 Å². The summed E-state index contributed by atoms with van der Waals surface area (Å²) in [7, 11) is 1.62. The van der Waals surface area contributed by atoms with Crippen LogP contribution in [-0.2, 0) is 9.47 Å². The summed E-state index contributed by atoms with van der Waals surface area (Å²) >= 11 is 0. The van der Waals surface area contributed by atoms with Gasteiger partial charge in [-0.1, -0.05) is 0 Å². The molecule has 0 radical (unpaired) electrons. The highest BCUT2D eigenvalue weighted by molar-refractivity contribution is 5.68. The highest BCUT2D eigenvalue weighted by Crippen LogP contribution is 2.20. The lowest BCUT2D eigenvalue weighted by Crippen LogP contribution is -2.49. The number of carbonyl (C=O) groups excluding carboxylic acids is 1. The minimum Gasteiger partial charge on any atom is -0.444 e. The molecule has 0 aromatic rings. The second-order valence-corrected chi connectivity index (χ2v) is 5.53. The molecule has 100 valence electrons. The van der Waals surface area contributed by atoms with Gasteiger partial charge in [0.2, 0.25) is 0 Å². The van der Waals surface area contributed by atoms with Crippen molar-refractivity contribution in [1.82, 2.24) is 4.90 Å². The molecule has 0 spiro atoms. The maximum Gasteiger partial charge on any atom is 0.410 e.